The van der Waals surface area contributed by atoms with Crippen molar-refractivity contribution in [2.75, 3.05) is 13.1 Å². The van der Waals surface area contributed by atoms with Crippen LogP contribution >= 0.6 is 39.9 Å². The van der Waals surface area contributed by atoms with Crippen LogP contribution in [-0.4, -0.2) is 33.8 Å². The number of unbranched alkanes of at least 4 members (excludes halogenated alkanes) is 1. The summed E-state index contributed by atoms with van der Waals surface area (Å²) in [5, 5.41) is 15.1. The summed E-state index contributed by atoms with van der Waals surface area (Å²) in [4.78, 5) is 4.71. The second kappa shape index (κ2) is 13.1. The third-order valence-corrected chi connectivity index (χ3v) is 4.89. The van der Waals surface area contributed by atoms with E-state index >= 15 is 0 Å². The van der Waals surface area contributed by atoms with Crippen LogP contribution in [0.1, 0.15) is 51.0 Å². The fourth-order valence-corrected chi connectivity index (χ4v) is 3.27. The Kier molecular flexibility index (Phi) is 11.6. The molecule has 1 heterocycles. The zero-order valence-corrected chi connectivity index (χ0v) is 20.2. The van der Waals surface area contributed by atoms with Crippen molar-refractivity contribution in [3.63, 3.8) is 0 Å². The zero-order valence-electron chi connectivity index (χ0n) is 16.3. The molecular weight excluding hydrogens is 519 g/mol. The van der Waals surface area contributed by atoms with Crippen molar-refractivity contribution in [1.29, 1.82) is 0 Å². The average molecular weight is 549 g/mol. The number of nitrogens with zero attached hydrogens (tertiary/aromatic N) is 4. The number of aromatic nitrogens is 3. The van der Waals surface area contributed by atoms with Crippen LogP contribution in [0.5, 0.6) is 0 Å². The Hall–Kier alpha value is -1.16. The fourth-order valence-electron chi connectivity index (χ4n) is 2.64. The van der Waals surface area contributed by atoms with E-state index in [4.69, 9.17) is 4.99 Å². The van der Waals surface area contributed by atoms with Crippen molar-refractivity contribution in [1.82, 2.24) is 25.4 Å². The Bertz CT molecular complexity index is 703. The maximum atomic E-state index is 4.71. The second-order valence-corrected chi connectivity index (χ2v) is 7.05. The van der Waals surface area contributed by atoms with Gasteiger partial charge in [0, 0.05) is 30.5 Å². The van der Waals surface area contributed by atoms with E-state index in [1.54, 1.807) is 6.33 Å². The van der Waals surface area contributed by atoms with Gasteiger partial charge >= 0.3 is 0 Å². The number of aliphatic imine (C=N–C) groups is 1. The maximum Gasteiger partial charge on any atom is 0.191 e. The molecule has 0 fully saturated rings. The van der Waals surface area contributed by atoms with E-state index in [0.29, 0.717) is 0 Å². The van der Waals surface area contributed by atoms with E-state index in [1.165, 1.54) is 5.56 Å². The molecule has 27 heavy (non-hydrogen) atoms. The number of aryl methyl sites for hydroxylation is 1. The van der Waals surface area contributed by atoms with E-state index in [2.05, 4.69) is 80.3 Å². The minimum atomic E-state index is 0. The van der Waals surface area contributed by atoms with Gasteiger partial charge < -0.3 is 15.2 Å². The van der Waals surface area contributed by atoms with E-state index in [0.717, 1.165) is 55.2 Å². The van der Waals surface area contributed by atoms with Gasteiger partial charge in [-0.2, -0.15) is 0 Å². The van der Waals surface area contributed by atoms with Gasteiger partial charge in [-0.1, -0.05) is 54.4 Å². The van der Waals surface area contributed by atoms with Crippen molar-refractivity contribution in [2.45, 2.75) is 52.6 Å². The molecule has 0 bridgehead atoms. The number of halogens is 2. The molecule has 1 unspecified atom stereocenters. The minimum Gasteiger partial charge on any atom is -0.355 e. The van der Waals surface area contributed by atoms with Crippen LogP contribution in [0.3, 0.4) is 0 Å². The Morgan fingerprint density at radius 2 is 2.07 bits per heavy atom. The molecule has 0 saturated heterocycles. The summed E-state index contributed by atoms with van der Waals surface area (Å²) in [7, 11) is 0. The number of nitrogens with one attached hydrogen (secondary N) is 2. The quantitative estimate of drug-likeness (QED) is 0.212. The lowest BCUT2D eigenvalue weighted by Gasteiger charge is -2.20. The third-order valence-electron chi connectivity index (χ3n) is 4.16. The number of hydrogen-bond donors (Lipinski definition) is 2. The molecule has 6 nitrogen and oxygen atoms in total. The van der Waals surface area contributed by atoms with Gasteiger partial charge in [0.25, 0.3) is 0 Å². The first-order valence-corrected chi connectivity index (χ1v) is 10.1. The van der Waals surface area contributed by atoms with Crippen LogP contribution in [0.4, 0.5) is 0 Å². The van der Waals surface area contributed by atoms with Gasteiger partial charge in [-0.15, -0.1) is 34.2 Å². The highest BCUT2D eigenvalue weighted by atomic mass is 127. The average Bonchev–Trinajstić information content (AvgIpc) is 3.09. The highest BCUT2D eigenvalue weighted by molar-refractivity contribution is 14.0. The lowest BCUT2D eigenvalue weighted by Crippen LogP contribution is -2.40. The monoisotopic (exact) mass is 548 g/mol. The molecule has 150 valence electrons. The maximum absolute atomic E-state index is 4.71. The first-order chi connectivity index (χ1) is 12.7. The molecule has 0 aliphatic carbocycles. The molecule has 2 N–H and O–H groups in total. The summed E-state index contributed by atoms with van der Waals surface area (Å²) < 4.78 is 3.18. The lowest BCUT2D eigenvalue weighted by molar-refractivity contribution is 0.617. The van der Waals surface area contributed by atoms with E-state index in [1.807, 2.05) is 6.07 Å². The van der Waals surface area contributed by atoms with Gasteiger partial charge in [0.1, 0.15) is 12.2 Å². The van der Waals surface area contributed by atoms with Crippen molar-refractivity contribution >= 4 is 45.9 Å². The topological polar surface area (TPSA) is 67.1 Å². The van der Waals surface area contributed by atoms with Crippen LogP contribution < -0.4 is 10.6 Å². The molecular formula is C19H30BrIN6. The van der Waals surface area contributed by atoms with Gasteiger partial charge in [0.15, 0.2) is 5.96 Å². The highest BCUT2D eigenvalue weighted by Gasteiger charge is 2.11. The standard InChI is InChI=1S/C19H29BrN6.HI/c1-4-6-11-21-19(22-12-13-26-14-23-25-18(26)5-2)24-15(3)16-9-7-8-10-17(16)20;/h7-10,14-15H,4-6,11-13H2,1-3H3,(H2,21,22,24);1H. The van der Waals surface area contributed by atoms with Gasteiger partial charge in [0.05, 0.1) is 6.04 Å². The van der Waals surface area contributed by atoms with Crippen LogP contribution in [0.25, 0.3) is 0 Å². The van der Waals surface area contributed by atoms with Crippen LogP contribution in [0, 0.1) is 0 Å². The predicted molar refractivity (Wildman–Crippen MR) is 126 cm³/mol. The van der Waals surface area contributed by atoms with Gasteiger partial charge in [0.2, 0.25) is 0 Å². The summed E-state index contributed by atoms with van der Waals surface area (Å²) in [6, 6.07) is 8.42. The molecule has 0 radical (unpaired) electrons. The number of rotatable bonds is 9. The Morgan fingerprint density at radius 3 is 2.78 bits per heavy atom. The molecule has 0 amide bonds. The molecule has 0 aliphatic rings. The van der Waals surface area contributed by atoms with E-state index in [-0.39, 0.29) is 30.0 Å². The summed E-state index contributed by atoms with van der Waals surface area (Å²) in [5.41, 5.74) is 1.21. The molecule has 1 aromatic heterocycles. The zero-order chi connectivity index (χ0) is 18.8. The Morgan fingerprint density at radius 1 is 1.30 bits per heavy atom. The highest BCUT2D eigenvalue weighted by Crippen LogP contribution is 2.22. The molecule has 0 saturated carbocycles. The Balaban J connectivity index is 0.00000364. The smallest absolute Gasteiger partial charge is 0.191 e. The van der Waals surface area contributed by atoms with Crippen molar-refractivity contribution < 1.29 is 0 Å². The van der Waals surface area contributed by atoms with Crippen molar-refractivity contribution in [3.8, 4) is 0 Å². The first-order valence-electron chi connectivity index (χ1n) is 9.31. The van der Waals surface area contributed by atoms with Crippen LogP contribution in [0.15, 0.2) is 40.1 Å². The van der Waals surface area contributed by atoms with Crippen molar-refractivity contribution in [3.05, 3.63) is 46.5 Å². The second-order valence-electron chi connectivity index (χ2n) is 6.19. The summed E-state index contributed by atoms with van der Waals surface area (Å²) in [6.45, 7) is 8.82. The molecule has 1 atom stereocenters. The number of hydrogen-bond acceptors (Lipinski definition) is 3. The molecule has 2 rings (SSSR count). The van der Waals surface area contributed by atoms with Gasteiger partial charge in [-0.05, 0) is 25.0 Å². The van der Waals surface area contributed by atoms with Gasteiger partial charge in [-0.25, -0.2) is 0 Å². The normalized spacial score (nSPS) is 12.4. The van der Waals surface area contributed by atoms with Crippen LogP contribution in [0.2, 0.25) is 0 Å². The molecule has 0 aliphatic heterocycles. The van der Waals surface area contributed by atoms with E-state index < -0.39 is 0 Å². The molecule has 8 heteroatoms. The van der Waals surface area contributed by atoms with E-state index in [9.17, 15) is 0 Å². The molecule has 0 spiro atoms. The number of benzene rings is 1. The minimum absolute atomic E-state index is 0. The largest absolute Gasteiger partial charge is 0.355 e. The third kappa shape index (κ3) is 7.77. The predicted octanol–water partition coefficient (Wildman–Crippen LogP) is 4.32. The van der Waals surface area contributed by atoms with Crippen molar-refractivity contribution in [2.24, 2.45) is 4.99 Å². The first kappa shape index (κ1) is 23.9. The molecule has 2 aromatic rings. The number of guanidine groups is 1. The summed E-state index contributed by atoms with van der Waals surface area (Å²) in [6.07, 6.45) is 4.89. The lowest BCUT2D eigenvalue weighted by atomic mass is 10.1. The van der Waals surface area contributed by atoms with Crippen LogP contribution in [-0.2, 0) is 13.0 Å². The summed E-state index contributed by atoms with van der Waals surface area (Å²) in [5.74, 6) is 1.85. The van der Waals surface area contributed by atoms with Gasteiger partial charge in [-0.3, -0.25) is 4.99 Å². The Labute approximate surface area is 187 Å². The fraction of sp³-hybridized carbons (Fsp3) is 0.526. The SMILES string of the molecule is CCCCN=C(NCCn1cnnc1CC)NC(C)c1ccccc1Br.I. The summed E-state index contributed by atoms with van der Waals surface area (Å²) >= 11 is 3.63. The molecule has 1 aromatic carbocycles.